The van der Waals surface area contributed by atoms with Crippen molar-refractivity contribution < 1.29 is 0 Å². The fraction of sp³-hybridized carbons (Fsp3) is 0.250. The SMILES string of the molecule is CC1=CC=CN2C=CNC12. The highest BCUT2D eigenvalue weighted by Gasteiger charge is 2.18. The Kier molecular flexibility index (Phi) is 1.07. The van der Waals surface area contributed by atoms with Gasteiger partial charge < -0.3 is 10.2 Å². The molecule has 0 aromatic rings. The quantitative estimate of drug-likeness (QED) is 0.535. The Morgan fingerprint density at radius 1 is 1.50 bits per heavy atom. The van der Waals surface area contributed by atoms with Crippen LogP contribution in [-0.4, -0.2) is 11.1 Å². The molecule has 1 unspecified atom stereocenters. The van der Waals surface area contributed by atoms with E-state index < -0.39 is 0 Å². The lowest BCUT2D eigenvalue weighted by atomic mass is 10.2. The van der Waals surface area contributed by atoms with Gasteiger partial charge in [-0.05, 0) is 18.6 Å². The number of hydrogen-bond acceptors (Lipinski definition) is 2. The van der Waals surface area contributed by atoms with Crippen LogP contribution in [0.4, 0.5) is 0 Å². The first-order chi connectivity index (χ1) is 4.88. The van der Waals surface area contributed by atoms with Crippen molar-refractivity contribution >= 4 is 0 Å². The van der Waals surface area contributed by atoms with Crippen molar-refractivity contribution in [3.63, 3.8) is 0 Å². The Balaban J connectivity index is 2.29. The van der Waals surface area contributed by atoms with Crippen LogP contribution in [0.5, 0.6) is 0 Å². The van der Waals surface area contributed by atoms with E-state index >= 15 is 0 Å². The summed E-state index contributed by atoms with van der Waals surface area (Å²) in [7, 11) is 0. The molecule has 1 N–H and O–H groups in total. The Hall–Kier alpha value is -1.18. The van der Waals surface area contributed by atoms with Gasteiger partial charge in [0.05, 0.1) is 0 Å². The van der Waals surface area contributed by atoms with E-state index in [4.69, 9.17) is 0 Å². The minimum Gasteiger partial charge on any atom is -0.366 e. The molecule has 2 rings (SSSR count). The summed E-state index contributed by atoms with van der Waals surface area (Å²) in [6.45, 7) is 2.13. The fourth-order valence-corrected chi connectivity index (χ4v) is 1.28. The van der Waals surface area contributed by atoms with Gasteiger partial charge in [0.25, 0.3) is 0 Å². The van der Waals surface area contributed by atoms with Crippen LogP contribution in [0.1, 0.15) is 6.92 Å². The molecule has 2 aliphatic rings. The van der Waals surface area contributed by atoms with Crippen LogP contribution in [0.3, 0.4) is 0 Å². The summed E-state index contributed by atoms with van der Waals surface area (Å²) < 4.78 is 0. The van der Waals surface area contributed by atoms with Gasteiger partial charge in [-0.25, -0.2) is 0 Å². The van der Waals surface area contributed by atoms with Crippen LogP contribution in [-0.2, 0) is 0 Å². The number of allylic oxidation sites excluding steroid dienone is 2. The molecule has 2 heteroatoms. The van der Waals surface area contributed by atoms with Gasteiger partial charge in [0.2, 0.25) is 0 Å². The van der Waals surface area contributed by atoms with Crippen molar-refractivity contribution in [1.82, 2.24) is 10.2 Å². The Labute approximate surface area is 60.5 Å². The average Bonchev–Trinajstić information content (AvgIpc) is 2.36. The van der Waals surface area contributed by atoms with E-state index in [1.165, 1.54) is 5.57 Å². The predicted octanol–water partition coefficient (Wildman–Crippen LogP) is 1.16. The molecule has 0 spiro atoms. The number of hydrogen-bond donors (Lipinski definition) is 1. The maximum Gasteiger partial charge on any atom is 0.125 e. The van der Waals surface area contributed by atoms with Gasteiger partial charge in [-0.15, -0.1) is 0 Å². The fourth-order valence-electron chi connectivity index (χ4n) is 1.28. The summed E-state index contributed by atoms with van der Waals surface area (Å²) in [5.41, 5.74) is 1.35. The van der Waals surface area contributed by atoms with Gasteiger partial charge in [-0.1, -0.05) is 6.08 Å². The summed E-state index contributed by atoms with van der Waals surface area (Å²) in [5.74, 6) is 0. The van der Waals surface area contributed by atoms with Gasteiger partial charge in [0, 0.05) is 18.6 Å². The number of nitrogens with one attached hydrogen (secondary N) is 1. The Bertz CT molecular complexity index is 225. The van der Waals surface area contributed by atoms with Gasteiger partial charge in [0.15, 0.2) is 0 Å². The van der Waals surface area contributed by atoms with Gasteiger partial charge >= 0.3 is 0 Å². The van der Waals surface area contributed by atoms with Crippen molar-refractivity contribution in [2.24, 2.45) is 0 Å². The lowest BCUT2D eigenvalue weighted by Gasteiger charge is -2.25. The third-order valence-corrected chi connectivity index (χ3v) is 1.85. The van der Waals surface area contributed by atoms with E-state index in [0.717, 1.165) is 0 Å². The lowest BCUT2D eigenvalue weighted by Crippen LogP contribution is -2.34. The third kappa shape index (κ3) is 0.652. The zero-order valence-corrected chi connectivity index (χ0v) is 5.91. The van der Waals surface area contributed by atoms with Crippen molar-refractivity contribution in [3.8, 4) is 0 Å². The molecular weight excluding hydrogens is 124 g/mol. The molecule has 0 fully saturated rings. The van der Waals surface area contributed by atoms with Crippen LogP contribution < -0.4 is 5.32 Å². The molecule has 0 radical (unpaired) electrons. The molecule has 0 saturated heterocycles. The first-order valence-corrected chi connectivity index (χ1v) is 3.43. The second kappa shape index (κ2) is 1.90. The second-order valence-electron chi connectivity index (χ2n) is 2.58. The average molecular weight is 134 g/mol. The minimum absolute atomic E-state index is 0.380. The van der Waals surface area contributed by atoms with Crippen LogP contribution >= 0.6 is 0 Å². The summed E-state index contributed by atoms with van der Waals surface area (Å²) >= 11 is 0. The van der Waals surface area contributed by atoms with Crippen molar-refractivity contribution in [2.75, 3.05) is 0 Å². The van der Waals surface area contributed by atoms with Gasteiger partial charge in [0.1, 0.15) is 6.17 Å². The molecule has 0 aromatic carbocycles. The highest BCUT2D eigenvalue weighted by molar-refractivity contribution is 5.25. The maximum absolute atomic E-state index is 3.23. The smallest absolute Gasteiger partial charge is 0.125 e. The van der Waals surface area contributed by atoms with Crippen molar-refractivity contribution in [3.05, 3.63) is 36.3 Å². The molecule has 52 valence electrons. The van der Waals surface area contributed by atoms with E-state index in [1.807, 2.05) is 12.4 Å². The molecule has 0 saturated carbocycles. The zero-order valence-electron chi connectivity index (χ0n) is 5.91. The Morgan fingerprint density at radius 3 is 3.20 bits per heavy atom. The molecule has 2 aliphatic heterocycles. The summed E-state index contributed by atoms with van der Waals surface area (Å²) in [6, 6.07) is 0. The van der Waals surface area contributed by atoms with Gasteiger partial charge in [-0.3, -0.25) is 0 Å². The van der Waals surface area contributed by atoms with Crippen LogP contribution in [0.15, 0.2) is 36.3 Å². The molecule has 2 nitrogen and oxygen atoms in total. The monoisotopic (exact) mass is 134 g/mol. The Morgan fingerprint density at radius 2 is 2.40 bits per heavy atom. The first-order valence-electron chi connectivity index (χ1n) is 3.43. The summed E-state index contributed by atoms with van der Waals surface area (Å²) in [5, 5.41) is 3.23. The van der Waals surface area contributed by atoms with Crippen LogP contribution in [0, 0.1) is 0 Å². The number of nitrogens with zero attached hydrogens (tertiary/aromatic N) is 1. The molecule has 1 atom stereocenters. The largest absolute Gasteiger partial charge is 0.366 e. The van der Waals surface area contributed by atoms with Crippen molar-refractivity contribution in [1.29, 1.82) is 0 Å². The van der Waals surface area contributed by atoms with E-state index in [1.54, 1.807) is 0 Å². The molecule has 10 heavy (non-hydrogen) atoms. The van der Waals surface area contributed by atoms with E-state index in [2.05, 4.69) is 35.5 Å². The zero-order chi connectivity index (χ0) is 6.97. The maximum atomic E-state index is 3.23. The standard InChI is InChI=1S/C8H10N2/c1-7-3-2-5-10-6-4-9-8(7)10/h2-6,8-9H,1H3. The normalized spacial score (nSPS) is 27.9. The van der Waals surface area contributed by atoms with Crippen molar-refractivity contribution in [2.45, 2.75) is 13.1 Å². The topological polar surface area (TPSA) is 15.3 Å². The third-order valence-electron chi connectivity index (χ3n) is 1.85. The molecule has 0 aromatic heterocycles. The van der Waals surface area contributed by atoms with E-state index in [-0.39, 0.29) is 0 Å². The van der Waals surface area contributed by atoms with E-state index in [0.29, 0.717) is 6.17 Å². The molecule has 0 amide bonds. The lowest BCUT2D eigenvalue weighted by molar-refractivity contribution is 0.407. The summed E-state index contributed by atoms with van der Waals surface area (Å²) in [4.78, 5) is 2.15. The molecular formula is C8H10N2. The minimum atomic E-state index is 0.380. The predicted molar refractivity (Wildman–Crippen MR) is 40.8 cm³/mol. The van der Waals surface area contributed by atoms with Crippen LogP contribution in [0.2, 0.25) is 0 Å². The van der Waals surface area contributed by atoms with Crippen LogP contribution in [0.25, 0.3) is 0 Å². The molecule has 2 heterocycles. The van der Waals surface area contributed by atoms with Gasteiger partial charge in [-0.2, -0.15) is 0 Å². The number of rotatable bonds is 0. The molecule has 0 aliphatic carbocycles. The second-order valence-corrected chi connectivity index (χ2v) is 2.58. The van der Waals surface area contributed by atoms with E-state index in [9.17, 15) is 0 Å². The first kappa shape index (κ1) is 5.59. The summed E-state index contributed by atoms with van der Waals surface area (Å²) in [6.07, 6.45) is 10.6. The number of fused-ring (bicyclic) bond motifs is 1. The highest BCUT2D eigenvalue weighted by atomic mass is 15.3. The molecule has 0 bridgehead atoms. The highest BCUT2D eigenvalue weighted by Crippen LogP contribution is 2.17.